The molecule has 0 amide bonds. The van der Waals surface area contributed by atoms with Gasteiger partial charge in [0.2, 0.25) is 5.69 Å². The largest absolute Gasteiger partial charge is 1.00 e. The van der Waals surface area contributed by atoms with E-state index in [1.807, 2.05) is 36.5 Å². The first kappa shape index (κ1) is 12.1. The van der Waals surface area contributed by atoms with Crippen LogP contribution in [-0.4, -0.2) is 4.98 Å². The van der Waals surface area contributed by atoms with Crippen LogP contribution in [0.25, 0.3) is 11.4 Å². The predicted octanol–water partition coefficient (Wildman–Crippen LogP) is -0.940. The van der Waals surface area contributed by atoms with Crippen LogP contribution in [0.2, 0.25) is 0 Å². The van der Waals surface area contributed by atoms with Crippen LogP contribution >= 0.6 is 0 Å². The quantitative estimate of drug-likeness (QED) is 0.517. The highest BCUT2D eigenvalue weighted by atomic mass is 127. The van der Waals surface area contributed by atoms with Gasteiger partial charge in [-0.15, -0.1) is 0 Å². The number of hydrogen-bond acceptors (Lipinski definition) is 1. The van der Waals surface area contributed by atoms with Gasteiger partial charge in [0.05, 0.1) is 0 Å². The molecule has 2 aromatic rings. The molecule has 0 aliphatic heterocycles. The zero-order chi connectivity index (χ0) is 9.80. The summed E-state index contributed by atoms with van der Waals surface area (Å²) in [7, 11) is 0. The maximum absolute atomic E-state index is 4.34. The summed E-state index contributed by atoms with van der Waals surface area (Å²) in [5.41, 5.74) is 2.19. The lowest BCUT2D eigenvalue weighted by Gasteiger charge is -1.99. The second kappa shape index (κ2) is 5.80. The first-order chi connectivity index (χ1) is 6.92. The highest BCUT2D eigenvalue weighted by Crippen LogP contribution is 2.10. The van der Waals surface area contributed by atoms with Gasteiger partial charge in [0.15, 0.2) is 6.20 Å². The van der Waals surface area contributed by atoms with E-state index in [2.05, 4.69) is 28.7 Å². The Morgan fingerprint density at radius 3 is 2.60 bits per heavy atom. The summed E-state index contributed by atoms with van der Waals surface area (Å²) in [5, 5.41) is 0. The Hall–Kier alpha value is -0.970. The van der Waals surface area contributed by atoms with Crippen LogP contribution < -0.4 is 28.5 Å². The smallest absolute Gasteiger partial charge is 0.231 e. The van der Waals surface area contributed by atoms with Crippen molar-refractivity contribution < 1.29 is 28.5 Å². The Labute approximate surface area is 107 Å². The van der Waals surface area contributed by atoms with E-state index < -0.39 is 0 Å². The van der Waals surface area contributed by atoms with Crippen molar-refractivity contribution in [2.45, 2.75) is 13.5 Å². The molecule has 2 heterocycles. The van der Waals surface area contributed by atoms with Crippen molar-refractivity contribution in [2.75, 3.05) is 0 Å². The van der Waals surface area contributed by atoms with Gasteiger partial charge in [0.25, 0.3) is 0 Å². The van der Waals surface area contributed by atoms with Crippen LogP contribution in [0.3, 0.4) is 0 Å². The standard InChI is InChI=1S/C12H13N2.HI/c1-2-14-10-6-4-8-12(14)11-7-3-5-9-13-11;/h3-10H,2H2,1H3;1H/q+1;/p-1. The molecule has 0 aliphatic carbocycles. The third kappa shape index (κ3) is 2.75. The molecule has 0 aromatic carbocycles. The van der Waals surface area contributed by atoms with E-state index in [9.17, 15) is 0 Å². The average molecular weight is 312 g/mol. The summed E-state index contributed by atoms with van der Waals surface area (Å²) in [6.45, 7) is 3.10. The van der Waals surface area contributed by atoms with Gasteiger partial charge < -0.3 is 24.0 Å². The first-order valence-electron chi connectivity index (χ1n) is 4.81. The van der Waals surface area contributed by atoms with Crippen LogP contribution in [0.5, 0.6) is 0 Å². The number of aryl methyl sites for hydroxylation is 1. The monoisotopic (exact) mass is 312 g/mol. The number of hydrogen-bond donors (Lipinski definition) is 0. The van der Waals surface area contributed by atoms with Gasteiger partial charge in [0, 0.05) is 18.3 Å². The van der Waals surface area contributed by atoms with Crippen molar-refractivity contribution >= 4 is 0 Å². The normalized spacial score (nSPS) is 9.40. The molecule has 0 atom stereocenters. The molecule has 78 valence electrons. The molecule has 0 saturated heterocycles. The van der Waals surface area contributed by atoms with Crippen molar-refractivity contribution in [3.63, 3.8) is 0 Å². The fourth-order valence-electron chi connectivity index (χ4n) is 1.50. The van der Waals surface area contributed by atoms with Gasteiger partial charge >= 0.3 is 0 Å². The van der Waals surface area contributed by atoms with E-state index >= 15 is 0 Å². The van der Waals surface area contributed by atoms with Gasteiger partial charge in [-0.3, -0.25) is 0 Å². The number of pyridine rings is 2. The molecule has 2 aromatic heterocycles. The van der Waals surface area contributed by atoms with Crippen molar-refractivity contribution in [3.8, 4) is 11.4 Å². The number of aromatic nitrogens is 2. The molecule has 15 heavy (non-hydrogen) atoms. The van der Waals surface area contributed by atoms with Crippen molar-refractivity contribution in [3.05, 3.63) is 48.8 Å². The van der Waals surface area contributed by atoms with Gasteiger partial charge in [0.1, 0.15) is 12.2 Å². The molecule has 0 fully saturated rings. The SMILES string of the molecule is CC[n+]1ccccc1-c1ccccn1.[I-]. The van der Waals surface area contributed by atoms with E-state index in [1.54, 1.807) is 0 Å². The second-order valence-corrected chi connectivity index (χ2v) is 3.09. The van der Waals surface area contributed by atoms with Gasteiger partial charge in [-0.1, -0.05) is 6.07 Å². The third-order valence-corrected chi connectivity index (χ3v) is 2.21. The van der Waals surface area contributed by atoms with Crippen LogP contribution in [-0.2, 0) is 6.54 Å². The topological polar surface area (TPSA) is 16.8 Å². The molecule has 2 nitrogen and oxygen atoms in total. The lowest BCUT2D eigenvalue weighted by Crippen LogP contribution is -3.00. The van der Waals surface area contributed by atoms with E-state index in [-0.39, 0.29) is 24.0 Å². The maximum Gasteiger partial charge on any atom is 0.231 e. The molecule has 0 unspecified atom stereocenters. The minimum Gasteiger partial charge on any atom is -1.00 e. The number of halogens is 1. The Balaban J connectivity index is 0.00000112. The Kier molecular flexibility index (Phi) is 4.68. The minimum atomic E-state index is 0. The van der Waals surface area contributed by atoms with Gasteiger partial charge in [-0.2, -0.15) is 4.57 Å². The summed E-state index contributed by atoms with van der Waals surface area (Å²) >= 11 is 0. The maximum atomic E-state index is 4.34. The Morgan fingerprint density at radius 1 is 1.13 bits per heavy atom. The summed E-state index contributed by atoms with van der Waals surface area (Å²) in [6, 6.07) is 12.1. The lowest BCUT2D eigenvalue weighted by molar-refractivity contribution is -0.682. The zero-order valence-corrected chi connectivity index (χ0v) is 10.8. The highest BCUT2D eigenvalue weighted by Gasteiger charge is 2.09. The van der Waals surface area contributed by atoms with E-state index in [4.69, 9.17) is 0 Å². The molecule has 0 radical (unpaired) electrons. The summed E-state index contributed by atoms with van der Waals surface area (Å²) < 4.78 is 2.18. The molecule has 2 rings (SSSR count). The minimum absolute atomic E-state index is 0. The van der Waals surface area contributed by atoms with E-state index in [0.29, 0.717) is 0 Å². The van der Waals surface area contributed by atoms with Crippen molar-refractivity contribution in [1.29, 1.82) is 0 Å². The second-order valence-electron chi connectivity index (χ2n) is 3.09. The lowest BCUT2D eigenvalue weighted by atomic mass is 10.2. The van der Waals surface area contributed by atoms with E-state index in [1.165, 1.54) is 0 Å². The molecule has 0 aliphatic rings. The Bertz CT molecular complexity index is 415. The van der Waals surface area contributed by atoms with Gasteiger partial charge in [-0.05, 0) is 25.1 Å². The summed E-state index contributed by atoms with van der Waals surface area (Å²) in [6.07, 6.45) is 3.90. The third-order valence-electron chi connectivity index (χ3n) is 2.21. The molecular formula is C12H13IN2. The van der Waals surface area contributed by atoms with Crippen LogP contribution in [0.4, 0.5) is 0 Å². The number of nitrogens with zero attached hydrogens (tertiary/aromatic N) is 2. The molecular weight excluding hydrogens is 299 g/mol. The van der Waals surface area contributed by atoms with Crippen molar-refractivity contribution in [1.82, 2.24) is 4.98 Å². The predicted molar refractivity (Wildman–Crippen MR) is 55.5 cm³/mol. The van der Waals surface area contributed by atoms with Gasteiger partial charge in [-0.25, -0.2) is 4.98 Å². The van der Waals surface area contributed by atoms with Crippen molar-refractivity contribution in [2.24, 2.45) is 0 Å². The number of rotatable bonds is 2. The molecule has 0 spiro atoms. The summed E-state index contributed by atoms with van der Waals surface area (Å²) in [4.78, 5) is 4.34. The summed E-state index contributed by atoms with van der Waals surface area (Å²) in [5.74, 6) is 0. The fraction of sp³-hybridized carbons (Fsp3) is 0.167. The fourth-order valence-corrected chi connectivity index (χ4v) is 1.50. The van der Waals surface area contributed by atoms with Crippen LogP contribution in [0.1, 0.15) is 6.92 Å². The van der Waals surface area contributed by atoms with E-state index in [0.717, 1.165) is 17.9 Å². The molecule has 0 bridgehead atoms. The highest BCUT2D eigenvalue weighted by molar-refractivity contribution is 5.49. The Morgan fingerprint density at radius 2 is 1.93 bits per heavy atom. The first-order valence-corrected chi connectivity index (χ1v) is 4.81. The molecule has 0 N–H and O–H groups in total. The average Bonchev–Trinajstić information content (AvgIpc) is 2.30. The molecule has 3 heteroatoms. The molecule has 0 saturated carbocycles. The van der Waals surface area contributed by atoms with Crippen LogP contribution in [0.15, 0.2) is 48.8 Å². The van der Waals surface area contributed by atoms with Crippen LogP contribution in [0, 0.1) is 0 Å². The zero-order valence-electron chi connectivity index (χ0n) is 8.60.